The van der Waals surface area contributed by atoms with Crippen LogP contribution in [0.1, 0.15) is 31.4 Å². The van der Waals surface area contributed by atoms with Crippen LogP contribution in [0.2, 0.25) is 0 Å². The molecule has 0 spiro atoms. The lowest BCUT2D eigenvalue weighted by atomic mass is 10.1. The standard InChI is InChI=1S/C22H27FN2O3/c1-16(28-21-8-4-3-7-19(21)23)22(26)24-15-20(25-13-5-6-14-25)17-9-11-18(27-2)12-10-17/h3-4,7-12,16,20H,5-6,13-15H2,1-2H3,(H,24,26)/t16-,20-/m1/s1. The van der Waals surface area contributed by atoms with Gasteiger partial charge in [0.05, 0.1) is 13.2 Å². The number of amides is 1. The van der Waals surface area contributed by atoms with E-state index in [2.05, 4.69) is 10.2 Å². The third-order valence-corrected chi connectivity index (χ3v) is 5.06. The average Bonchev–Trinajstić information content (AvgIpc) is 3.24. The maximum Gasteiger partial charge on any atom is 0.260 e. The van der Waals surface area contributed by atoms with Crippen LogP contribution in [-0.2, 0) is 4.79 Å². The van der Waals surface area contributed by atoms with E-state index in [9.17, 15) is 9.18 Å². The number of likely N-dealkylation sites (tertiary alicyclic amines) is 1. The van der Waals surface area contributed by atoms with Gasteiger partial charge in [0.2, 0.25) is 0 Å². The summed E-state index contributed by atoms with van der Waals surface area (Å²) in [6, 6.07) is 14.1. The van der Waals surface area contributed by atoms with Crippen LogP contribution in [0.3, 0.4) is 0 Å². The van der Waals surface area contributed by atoms with Gasteiger partial charge in [0.25, 0.3) is 5.91 Å². The lowest BCUT2D eigenvalue weighted by Crippen LogP contribution is -2.42. The second-order valence-electron chi connectivity index (χ2n) is 6.97. The van der Waals surface area contributed by atoms with Crippen LogP contribution in [0, 0.1) is 5.82 Å². The molecule has 1 aliphatic heterocycles. The second-order valence-corrected chi connectivity index (χ2v) is 6.97. The van der Waals surface area contributed by atoms with Gasteiger partial charge in [-0.15, -0.1) is 0 Å². The number of benzene rings is 2. The van der Waals surface area contributed by atoms with Gasteiger partial charge in [-0.25, -0.2) is 4.39 Å². The molecule has 1 heterocycles. The molecule has 0 saturated carbocycles. The number of para-hydroxylation sites is 1. The van der Waals surface area contributed by atoms with Crippen molar-refractivity contribution in [2.45, 2.75) is 31.9 Å². The number of rotatable bonds is 8. The molecule has 1 amide bonds. The summed E-state index contributed by atoms with van der Waals surface area (Å²) >= 11 is 0. The summed E-state index contributed by atoms with van der Waals surface area (Å²) in [6.07, 6.45) is 1.54. The van der Waals surface area contributed by atoms with Crippen molar-refractivity contribution in [2.24, 2.45) is 0 Å². The van der Waals surface area contributed by atoms with E-state index in [1.807, 2.05) is 24.3 Å². The first-order valence-electron chi connectivity index (χ1n) is 9.65. The maximum absolute atomic E-state index is 13.7. The van der Waals surface area contributed by atoms with Crippen molar-refractivity contribution in [1.82, 2.24) is 10.2 Å². The molecule has 2 aromatic rings. The minimum Gasteiger partial charge on any atom is -0.497 e. The Labute approximate surface area is 165 Å². The Hall–Kier alpha value is -2.60. The third-order valence-electron chi connectivity index (χ3n) is 5.06. The Morgan fingerprint density at radius 3 is 2.46 bits per heavy atom. The molecular formula is C22H27FN2O3. The van der Waals surface area contributed by atoms with Crippen LogP contribution in [-0.4, -0.2) is 43.7 Å². The fourth-order valence-electron chi connectivity index (χ4n) is 3.46. The van der Waals surface area contributed by atoms with Gasteiger partial charge < -0.3 is 14.8 Å². The molecule has 1 fully saturated rings. The molecule has 6 heteroatoms. The Morgan fingerprint density at radius 2 is 1.82 bits per heavy atom. The fourth-order valence-corrected chi connectivity index (χ4v) is 3.46. The summed E-state index contributed by atoms with van der Waals surface area (Å²) < 4.78 is 24.5. The van der Waals surface area contributed by atoms with E-state index in [0.717, 1.165) is 37.2 Å². The number of carbonyl (C=O) groups excluding carboxylic acids is 1. The molecule has 2 atom stereocenters. The zero-order chi connectivity index (χ0) is 19.9. The summed E-state index contributed by atoms with van der Waals surface area (Å²) in [5.74, 6) is 0.146. The van der Waals surface area contributed by atoms with Crippen molar-refractivity contribution in [2.75, 3.05) is 26.7 Å². The first kappa shape index (κ1) is 20.1. The summed E-state index contributed by atoms with van der Waals surface area (Å²) in [5, 5.41) is 2.97. The number of methoxy groups -OCH3 is 1. The molecule has 3 rings (SSSR count). The number of halogens is 1. The number of ether oxygens (including phenoxy) is 2. The molecular weight excluding hydrogens is 359 g/mol. The van der Waals surface area contributed by atoms with E-state index in [1.54, 1.807) is 26.2 Å². The topological polar surface area (TPSA) is 50.8 Å². The smallest absolute Gasteiger partial charge is 0.260 e. The summed E-state index contributed by atoms with van der Waals surface area (Å²) in [7, 11) is 1.64. The van der Waals surface area contributed by atoms with Gasteiger partial charge in [-0.05, 0) is 62.7 Å². The number of hydrogen-bond acceptors (Lipinski definition) is 4. The highest BCUT2D eigenvalue weighted by Crippen LogP contribution is 2.26. The van der Waals surface area contributed by atoms with E-state index in [0.29, 0.717) is 6.54 Å². The van der Waals surface area contributed by atoms with Crippen molar-refractivity contribution in [3.8, 4) is 11.5 Å². The lowest BCUT2D eigenvalue weighted by Gasteiger charge is -2.29. The van der Waals surface area contributed by atoms with E-state index < -0.39 is 11.9 Å². The fraction of sp³-hybridized carbons (Fsp3) is 0.409. The van der Waals surface area contributed by atoms with Gasteiger partial charge in [0.1, 0.15) is 5.75 Å². The molecule has 28 heavy (non-hydrogen) atoms. The second kappa shape index (κ2) is 9.55. The number of hydrogen-bond donors (Lipinski definition) is 1. The van der Waals surface area contributed by atoms with Crippen LogP contribution >= 0.6 is 0 Å². The van der Waals surface area contributed by atoms with E-state index in [1.165, 1.54) is 12.1 Å². The minimum atomic E-state index is -0.785. The molecule has 0 aromatic heterocycles. The van der Waals surface area contributed by atoms with Crippen LogP contribution in [0.15, 0.2) is 48.5 Å². The van der Waals surface area contributed by atoms with Crippen molar-refractivity contribution >= 4 is 5.91 Å². The SMILES string of the molecule is COc1ccc([C@@H](CNC(=O)[C@@H](C)Oc2ccccc2F)N2CCCC2)cc1. The number of nitrogens with zero attached hydrogens (tertiary/aromatic N) is 1. The Morgan fingerprint density at radius 1 is 1.14 bits per heavy atom. The van der Waals surface area contributed by atoms with Gasteiger partial charge in [0, 0.05) is 6.54 Å². The maximum atomic E-state index is 13.7. The Balaban J connectivity index is 1.63. The van der Waals surface area contributed by atoms with Crippen LogP contribution in [0.25, 0.3) is 0 Å². The highest BCUT2D eigenvalue weighted by Gasteiger charge is 2.25. The predicted octanol–water partition coefficient (Wildman–Crippen LogP) is 3.55. The molecule has 1 saturated heterocycles. The molecule has 0 bridgehead atoms. The van der Waals surface area contributed by atoms with E-state index in [-0.39, 0.29) is 17.7 Å². The van der Waals surface area contributed by atoms with Crippen molar-refractivity contribution in [3.63, 3.8) is 0 Å². The molecule has 1 aliphatic rings. The molecule has 1 N–H and O–H groups in total. The van der Waals surface area contributed by atoms with Crippen molar-refractivity contribution < 1.29 is 18.7 Å². The van der Waals surface area contributed by atoms with Gasteiger partial charge in [0.15, 0.2) is 17.7 Å². The molecule has 0 radical (unpaired) electrons. The third kappa shape index (κ3) is 5.01. The summed E-state index contributed by atoms with van der Waals surface area (Å²) in [4.78, 5) is 14.9. The van der Waals surface area contributed by atoms with Gasteiger partial charge >= 0.3 is 0 Å². The van der Waals surface area contributed by atoms with Crippen molar-refractivity contribution in [1.29, 1.82) is 0 Å². The molecule has 150 valence electrons. The largest absolute Gasteiger partial charge is 0.497 e. The zero-order valence-corrected chi connectivity index (χ0v) is 16.4. The highest BCUT2D eigenvalue weighted by atomic mass is 19.1. The van der Waals surface area contributed by atoms with Crippen molar-refractivity contribution in [3.05, 3.63) is 59.9 Å². The average molecular weight is 386 g/mol. The zero-order valence-electron chi connectivity index (χ0n) is 16.4. The quantitative estimate of drug-likeness (QED) is 0.754. The molecule has 2 aromatic carbocycles. The van der Waals surface area contributed by atoms with Crippen LogP contribution < -0.4 is 14.8 Å². The minimum absolute atomic E-state index is 0.0800. The normalized spacial score (nSPS) is 16.4. The molecule has 0 aliphatic carbocycles. The first-order valence-corrected chi connectivity index (χ1v) is 9.65. The van der Waals surface area contributed by atoms with Gasteiger partial charge in [-0.1, -0.05) is 24.3 Å². The summed E-state index contributed by atoms with van der Waals surface area (Å²) in [5.41, 5.74) is 1.13. The van der Waals surface area contributed by atoms with E-state index in [4.69, 9.17) is 9.47 Å². The molecule has 5 nitrogen and oxygen atoms in total. The Kier molecular flexibility index (Phi) is 6.87. The number of nitrogens with one attached hydrogen (secondary N) is 1. The lowest BCUT2D eigenvalue weighted by molar-refractivity contribution is -0.127. The van der Waals surface area contributed by atoms with Crippen LogP contribution in [0.5, 0.6) is 11.5 Å². The monoisotopic (exact) mass is 386 g/mol. The van der Waals surface area contributed by atoms with Gasteiger partial charge in [-0.2, -0.15) is 0 Å². The first-order chi connectivity index (χ1) is 13.6. The molecule has 0 unspecified atom stereocenters. The number of carbonyl (C=O) groups is 1. The van der Waals surface area contributed by atoms with Crippen LogP contribution in [0.4, 0.5) is 4.39 Å². The van der Waals surface area contributed by atoms with Gasteiger partial charge in [-0.3, -0.25) is 9.69 Å². The van der Waals surface area contributed by atoms with E-state index >= 15 is 0 Å². The highest BCUT2D eigenvalue weighted by molar-refractivity contribution is 5.80. The Bertz CT molecular complexity index is 776. The predicted molar refractivity (Wildman–Crippen MR) is 106 cm³/mol. The summed E-state index contributed by atoms with van der Waals surface area (Å²) in [6.45, 7) is 4.11.